The summed E-state index contributed by atoms with van der Waals surface area (Å²) >= 11 is 1.59. The van der Waals surface area contributed by atoms with Crippen molar-refractivity contribution in [2.75, 3.05) is 12.4 Å². The van der Waals surface area contributed by atoms with Gasteiger partial charge >= 0.3 is 5.97 Å². The summed E-state index contributed by atoms with van der Waals surface area (Å²) in [6.45, 7) is 6.92. The van der Waals surface area contributed by atoms with E-state index in [4.69, 9.17) is 4.74 Å². The number of nitrogens with one attached hydrogen (secondary N) is 1. The van der Waals surface area contributed by atoms with E-state index in [0.29, 0.717) is 28.8 Å². The monoisotopic (exact) mass is 405 g/mol. The van der Waals surface area contributed by atoms with Crippen LogP contribution in [0.2, 0.25) is 0 Å². The van der Waals surface area contributed by atoms with Crippen LogP contribution < -0.4 is 5.32 Å². The summed E-state index contributed by atoms with van der Waals surface area (Å²) in [4.78, 5) is 26.3. The second-order valence-corrected chi connectivity index (χ2v) is 10.3. The molecule has 2 aliphatic rings. The van der Waals surface area contributed by atoms with Gasteiger partial charge in [0, 0.05) is 11.3 Å². The number of rotatable bonds is 7. The van der Waals surface area contributed by atoms with Crippen molar-refractivity contribution in [3.8, 4) is 0 Å². The number of anilines is 1. The van der Waals surface area contributed by atoms with Crippen LogP contribution in [0.4, 0.5) is 5.00 Å². The highest BCUT2D eigenvalue weighted by molar-refractivity contribution is 7.17. The maximum absolute atomic E-state index is 12.6. The van der Waals surface area contributed by atoms with Gasteiger partial charge in [-0.05, 0) is 48.5 Å². The van der Waals surface area contributed by atoms with Crippen molar-refractivity contribution in [3.05, 3.63) is 16.0 Å². The Hall–Kier alpha value is -1.36. The summed E-state index contributed by atoms with van der Waals surface area (Å²) in [6, 6.07) is 0. The van der Waals surface area contributed by atoms with Gasteiger partial charge in [-0.2, -0.15) is 0 Å². The van der Waals surface area contributed by atoms with E-state index in [1.54, 1.807) is 11.3 Å². The van der Waals surface area contributed by atoms with Crippen molar-refractivity contribution in [1.29, 1.82) is 0 Å². The van der Waals surface area contributed by atoms with Crippen LogP contribution in [-0.2, 0) is 22.4 Å². The summed E-state index contributed by atoms with van der Waals surface area (Å²) in [5.41, 5.74) is 1.99. The molecule has 1 saturated carbocycles. The molecule has 0 bridgehead atoms. The van der Waals surface area contributed by atoms with Crippen LogP contribution in [0.1, 0.15) is 92.9 Å². The Kier molecular flexibility index (Phi) is 6.85. The van der Waals surface area contributed by atoms with E-state index in [0.717, 1.165) is 37.7 Å². The van der Waals surface area contributed by atoms with E-state index in [2.05, 4.69) is 26.1 Å². The molecule has 0 saturated heterocycles. The lowest BCUT2D eigenvalue weighted by Gasteiger charge is -2.36. The maximum Gasteiger partial charge on any atom is 0.341 e. The predicted octanol–water partition coefficient (Wildman–Crippen LogP) is 5.98. The molecule has 1 aromatic rings. The first-order valence-corrected chi connectivity index (χ1v) is 11.7. The number of hydrogen-bond acceptors (Lipinski definition) is 4. The van der Waals surface area contributed by atoms with Crippen LogP contribution in [0, 0.1) is 17.3 Å². The van der Waals surface area contributed by atoms with Crippen LogP contribution in [0.3, 0.4) is 0 Å². The number of esters is 1. The molecule has 28 heavy (non-hydrogen) atoms. The van der Waals surface area contributed by atoms with Crippen LogP contribution in [0.25, 0.3) is 0 Å². The molecule has 3 rings (SSSR count). The first-order valence-electron chi connectivity index (χ1n) is 10.9. The smallest absolute Gasteiger partial charge is 0.341 e. The third-order valence-corrected chi connectivity index (χ3v) is 8.35. The van der Waals surface area contributed by atoms with Crippen LogP contribution >= 0.6 is 11.3 Å². The summed E-state index contributed by atoms with van der Waals surface area (Å²) in [5, 5.41) is 3.75. The van der Waals surface area contributed by atoms with Gasteiger partial charge in [0.05, 0.1) is 12.7 Å². The number of carbonyl (C=O) groups is 2. The van der Waals surface area contributed by atoms with Crippen molar-refractivity contribution >= 4 is 28.2 Å². The molecule has 0 aromatic carbocycles. The van der Waals surface area contributed by atoms with Gasteiger partial charge in [0.2, 0.25) is 5.91 Å². The van der Waals surface area contributed by atoms with E-state index in [1.807, 2.05) is 0 Å². The first-order chi connectivity index (χ1) is 13.4. The molecule has 0 radical (unpaired) electrons. The lowest BCUT2D eigenvalue weighted by Crippen LogP contribution is -2.28. The molecule has 1 atom stereocenters. The van der Waals surface area contributed by atoms with Crippen LogP contribution in [-0.4, -0.2) is 19.0 Å². The van der Waals surface area contributed by atoms with Gasteiger partial charge in [0.25, 0.3) is 0 Å². The number of fused-ring (bicyclic) bond motifs is 1. The van der Waals surface area contributed by atoms with Gasteiger partial charge in [-0.1, -0.05) is 52.9 Å². The van der Waals surface area contributed by atoms with Crippen LogP contribution in [0.5, 0.6) is 0 Å². The lowest BCUT2D eigenvalue weighted by molar-refractivity contribution is -0.116. The summed E-state index contributed by atoms with van der Waals surface area (Å²) in [5.74, 6) is 1.01. The fourth-order valence-electron chi connectivity index (χ4n) is 4.77. The standard InChI is InChI=1S/C23H35NO3S/c1-5-23(2,3)16-11-12-17-18(14-16)28-21(20(17)22(26)27-4)24-19(25)13-10-15-8-6-7-9-15/h15-16H,5-14H2,1-4H3,(H,24,25). The van der Waals surface area contributed by atoms with Gasteiger partial charge in [-0.25, -0.2) is 4.79 Å². The third kappa shape index (κ3) is 4.61. The molecular weight excluding hydrogens is 370 g/mol. The molecule has 1 heterocycles. The van der Waals surface area contributed by atoms with Gasteiger partial charge in [0.15, 0.2) is 0 Å². The largest absolute Gasteiger partial charge is 0.465 e. The van der Waals surface area contributed by atoms with Crippen molar-refractivity contribution in [2.45, 2.75) is 85.0 Å². The maximum atomic E-state index is 12.6. The Morgan fingerprint density at radius 3 is 2.57 bits per heavy atom. The second-order valence-electron chi connectivity index (χ2n) is 9.22. The first kappa shape index (κ1) is 21.4. The molecule has 1 N–H and O–H groups in total. The van der Waals surface area contributed by atoms with Crippen LogP contribution in [0.15, 0.2) is 0 Å². The predicted molar refractivity (Wildman–Crippen MR) is 115 cm³/mol. The quantitative estimate of drug-likeness (QED) is 0.567. The number of thiophene rings is 1. The summed E-state index contributed by atoms with van der Waals surface area (Å²) in [6.07, 6.45) is 10.7. The van der Waals surface area contributed by atoms with Gasteiger partial charge in [-0.15, -0.1) is 11.3 Å². The Balaban J connectivity index is 1.75. The van der Waals surface area contributed by atoms with E-state index >= 15 is 0 Å². The number of hydrogen-bond donors (Lipinski definition) is 1. The molecule has 1 aromatic heterocycles. The molecule has 2 aliphatic carbocycles. The second kappa shape index (κ2) is 8.98. The summed E-state index contributed by atoms with van der Waals surface area (Å²) in [7, 11) is 1.42. The zero-order chi connectivity index (χ0) is 20.3. The zero-order valence-corrected chi connectivity index (χ0v) is 18.7. The Morgan fingerprint density at radius 1 is 1.21 bits per heavy atom. The lowest BCUT2D eigenvalue weighted by atomic mass is 9.69. The van der Waals surface area contributed by atoms with E-state index in [1.165, 1.54) is 37.7 Å². The topological polar surface area (TPSA) is 55.4 Å². The molecule has 156 valence electrons. The van der Waals surface area contributed by atoms with E-state index in [-0.39, 0.29) is 17.3 Å². The molecule has 4 nitrogen and oxygen atoms in total. The fraction of sp³-hybridized carbons (Fsp3) is 0.739. The SMILES string of the molecule is CCC(C)(C)C1CCc2c(sc(NC(=O)CCC3CCCC3)c2C(=O)OC)C1. The molecule has 1 unspecified atom stereocenters. The molecule has 1 amide bonds. The van der Waals surface area contributed by atoms with Crippen molar-refractivity contribution in [2.24, 2.45) is 17.3 Å². The number of ether oxygens (including phenoxy) is 1. The highest BCUT2D eigenvalue weighted by Crippen LogP contribution is 2.45. The van der Waals surface area contributed by atoms with Crippen molar-refractivity contribution < 1.29 is 14.3 Å². The van der Waals surface area contributed by atoms with E-state index in [9.17, 15) is 9.59 Å². The van der Waals surface area contributed by atoms with Crippen molar-refractivity contribution in [1.82, 2.24) is 0 Å². The Bertz CT molecular complexity index is 716. The minimum Gasteiger partial charge on any atom is -0.465 e. The molecule has 0 aliphatic heterocycles. The van der Waals surface area contributed by atoms with Crippen molar-refractivity contribution in [3.63, 3.8) is 0 Å². The normalized spacial score (nSPS) is 20.1. The average molecular weight is 406 g/mol. The van der Waals surface area contributed by atoms with Gasteiger partial charge in [-0.3, -0.25) is 4.79 Å². The molecule has 1 fully saturated rings. The third-order valence-electron chi connectivity index (χ3n) is 7.18. The van der Waals surface area contributed by atoms with Gasteiger partial charge < -0.3 is 10.1 Å². The number of carbonyl (C=O) groups excluding carboxylic acids is 2. The highest BCUT2D eigenvalue weighted by atomic mass is 32.1. The molecule has 0 spiro atoms. The molecular formula is C23H35NO3S. The molecule has 5 heteroatoms. The average Bonchev–Trinajstić information content (AvgIpc) is 3.32. The Morgan fingerprint density at radius 2 is 1.93 bits per heavy atom. The minimum absolute atomic E-state index is 0.0288. The van der Waals surface area contributed by atoms with Gasteiger partial charge in [0.1, 0.15) is 5.00 Å². The highest BCUT2D eigenvalue weighted by Gasteiger charge is 2.35. The zero-order valence-electron chi connectivity index (χ0n) is 17.9. The number of methoxy groups -OCH3 is 1. The fourth-order valence-corrected chi connectivity index (χ4v) is 6.10. The minimum atomic E-state index is -0.322. The number of amides is 1. The summed E-state index contributed by atoms with van der Waals surface area (Å²) < 4.78 is 5.06. The Labute approximate surface area is 173 Å². The van der Waals surface area contributed by atoms with E-state index < -0.39 is 0 Å².